The highest BCUT2D eigenvalue weighted by atomic mass is 16.5. The van der Waals surface area contributed by atoms with Crippen LogP contribution in [0.4, 0.5) is 0 Å². The molecule has 0 aromatic heterocycles. The van der Waals surface area contributed by atoms with Crippen LogP contribution in [0.25, 0.3) is 0 Å². The zero-order chi connectivity index (χ0) is 15.9. The molecule has 2 heteroatoms. The molecule has 110 valence electrons. The average molecular weight is 290 g/mol. The molecule has 0 N–H and O–H groups in total. The molecule has 2 aromatic rings. The second-order valence-electron chi connectivity index (χ2n) is 5.00. The van der Waals surface area contributed by atoms with Gasteiger partial charge in [-0.25, -0.2) is 4.79 Å². The molecule has 0 bridgehead atoms. The Hall–Kier alpha value is -2.79. The quantitative estimate of drug-likeness (QED) is 0.487. The Bertz CT molecular complexity index is 716. The van der Waals surface area contributed by atoms with Gasteiger partial charge in [-0.05, 0) is 24.6 Å². The van der Waals surface area contributed by atoms with Gasteiger partial charge in [0.1, 0.15) is 0 Å². The molecule has 0 saturated carbocycles. The van der Waals surface area contributed by atoms with Crippen LogP contribution in [0.1, 0.15) is 22.6 Å². The Morgan fingerprint density at radius 1 is 1.09 bits per heavy atom. The van der Waals surface area contributed by atoms with E-state index in [1.165, 1.54) is 12.7 Å². The van der Waals surface area contributed by atoms with Crippen molar-refractivity contribution in [1.82, 2.24) is 0 Å². The van der Waals surface area contributed by atoms with Gasteiger partial charge in [0.2, 0.25) is 0 Å². The molecule has 0 aliphatic heterocycles. The first-order valence-corrected chi connectivity index (χ1v) is 7.02. The Kier molecular flexibility index (Phi) is 5.16. The third kappa shape index (κ3) is 3.86. The molecule has 0 heterocycles. The fourth-order valence-electron chi connectivity index (χ4n) is 2.06. The van der Waals surface area contributed by atoms with Crippen LogP contribution in [0.2, 0.25) is 0 Å². The summed E-state index contributed by atoms with van der Waals surface area (Å²) < 4.78 is 4.78. The molecule has 1 atom stereocenters. The minimum absolute atomic E-state index is 0.341. The van der Waals surface area contributed by atoms with Gasteiger partial charge in [-0.15, -0.1) is 0 Å². The van der Waals surface area contributed by atoms with E-state index in [2.05, 4.69) is 18.4 Å². The van der Waals surface area contributed by atoms with Gasteiger partial charge in [-0.3, -0.25) is 0 Å². The summed E-state index contributed by atoms with van der Waals surface area (Å²) >= 11 is 0. The van der Waals surface area contributed by atoms with Gasteiger partial charge in [0.25, 0.3) is 0 Å². The predicted molar refractivity (Wildman–Crippen MR) is 88.4 cm³/mol. The molecule has 0 fully saturated rings. The van der Waals surface area contributed by atoms with E-state index in [0.717, 1.165) is 11.1 Å². The molecule has 2 nitrogen and oxygen atoms in total. The molecule has 0 saturated heterocycles. The first-order chi connectivity index (χ1) is 10.6. The molecule has 0 amide bonds. The zero-order valence-corrected chi connectivity index (χ0v) is 12.8. The summed E-state index contributed by atoms with van der Waals surface area (Å²) in [5, 5.41) is 0. The second-order valence-corrected chi connectivity index (χ2v) is 5.00. The normalized spacial score (nSPS) is 11.0. The number of ether oxygens (including phenoxy) is 1. The number of carbonyl (C=O) groups is 1. The Morgan fingerprint density at radius 3 is 2.32 bits per heavy atom. The van der Waals surface area contributed by atoms with Gasteiger partial charge >= 0.3 is 5.97 Å². The number of benzene rings is 2. The number of rotatable bonds is 3. The number of esters is 1. The van der Waals surface area contributed by atoms with Gasteiger partial charge in [0.05, 0.1) is 13.0 Å². The van der Waals surface area contributed by atoms with Crippen LogP contribution in [0.5, 0.6) is 0 Å². The van der Waals surface area contributed by atoms with Gasteiger partial charge in [-0.2, -0.15) is 0 Å². The lowest BCUT2D eigenvalue weighted by Gasteiger charge is -2.12. The van der Waals surface area contributed by atoms with E-state index in [-0.39, 0.29) is 5.92 Å². The molecule has 0 radical (unpaired) electrons. The van der Waals surface area contributed by atoms with Crippen LogP contribution in [0, 0.1) is 18.8 Å². The first kappa shape index (κ1) is 15.6. The monoisotopic (exact) mass is 290 g/mol. The van der Waals surface area contributed by atoms with Crippen LogP contribution < -0.4 is 0 Å². The van der Waals surface area contributed by atoms with Crippen LogP contribution in [-0.2, 0) is 9.53 Å². The number of methoxy groups -OCH3 is 1. The molecule has 0 aliphatic rings. The average Bonchev–Trinajstić information content (AvgIpc) is 2.56. The van der Waals surface area contributed by atoms with Gasteiger partial charge in [0, 0.05) is 11.1 Å². The fourth-order valence-corrected chi connectivity index (χ4v) is 2.06. The van der Waals surface area contributed by atoms with E-state index in [0.29, 0.717) is 5.57 Å². The van der Waals surface area contributed by atoms with E-state index in [1.54, 1.807) is 0 Å². The van der Waals surface area contributed by atoms with Crippen molar-refractivity contribution >= 4 is 5.97 Å². The van der Waals surface area contributed by atoms with E-state index >= 15 is 0 Å². The maximum Gasteiger partial charge on any atom is 0.334 e. The summed E-state index contributed by atoms with van der Waals surface area (Å²) in [4.78, 5) is 11.8. The lowest BCUT2D eigenvalue weighted by atomic mass is 9.92. The lowest BCUT2D eigenvalue weighted by Crippen LogP contribution is -2.11. The highest BCUT2D eigenvalue weighted by Crippen LogP contribution is 2.23. The Labute approximate surface area is 131 Å². The number of hydrogen-bond donors (Lipinski definition) is 0. The number of hydrogen-bond acceptors (Lipinski definition) is 2. The van der Waals surface area contributed by atoms with E-state index in [4.69, 9.17) is 4.74 Å². The topological polar surface area (TPSA) is 26.3 Å². The van der Waals surface area contributed by atoms with Crippen LogP contribution in [0.3, 0.4) is 0 Å². The summed E-state index contributed by atoms with van der Waals surface area (Å²) in [5.41, 5.74) is 3.36. The third-order valence-corrected chi connectivity index (χ3v) is 3.34. The molecule has 2 rings (SSSR count). The minimum atomic E-state index is -0.438. The SMILES string of the molecule is C=C(C(=O)OC)[C@H](C#Cc1ccc(C)cc1)c1ccccc1. The van der Waals surface area contributed by atoms with Crippen molar-refractivity contribution in [2.75, 3.05) is 7.11 Å². The van der Waals surface area contributed by atoms with E-state index in [1.807, 2.05) is 61.5 Å². The van der Waals surface area contributed by atoms with Gasteiger partial charge in [0.15, 0.2) is 0 Å². The van der Waals surface area contributed by atoms with Crippen molar-refractivity contribution < 1.29 is 9.53 Å². The van der Waals surface area contributed by atoms with E-state index in [9.17, 15) is 4.79 Å². The largest absolute Gasteiger partial charge is 0.466 e. The first-order valence-electron chi connectivity index (χ1n) is 7.02. The molecule has 0 spiro atoms. The number of aryl methyl sites for hydroxylation is 1. The predicted octanol–water partition coefficient (Wildman–Crippen LogP) is 3.86. The van der Waals surface area contributed by atoms with Crippen molar-refractivity contribution in [2.24, 2.45) is 0 Å². The smallest absolute Gasteiger partial charge is 0.334 e. The third-order valence-electron chi connectivity index (χ3n) is 3.34. The minimum Gasteiger partial charge on any atom is -0.466 e. The van der Waals surface area contributed by atoms with E-state index < -0.39 is 5.97 Å². The maximum atomic E-state index is 11.8. The summed E-state index contributed by atoms with van der Waals surface area (Å²) in [5.74, 6) is 5.43. The summed E-state index contributed by atoms with van der Waals surface area (Å²) in [7, 11) is 1.35. The highest BCUT2D eigenvalue weighted by Gasteiger charge is 2.19. The van der Waals surface area contributed by atoms with Crippen LogP contribution in [0.15, 0.2) is 66.7 Å². The lowest BCUT2D eigenvalue weighted by molar-refractivity contribution is -0.136. The van der Waals surface area contributed by atoms with Gasteiger partial charge in [-0.1, -0.05) is 66.4 Å². The maximum absolute atomic E-state index is 11.8. The van der Waals surface area contributed by atoms with Crippen molar-refractivity contribution in [3.63, 3.8) is 0 Å². The summed E-state index contributed by atoms with van der Waals surface area (Å²) in [6.45, 7) is 5.88. The molecule has 0 aliphatic carbocycles. The zero-order valence-electron chi connectivity index (χ0n) is 12.8. The standard InChI is InChI=1S/C20H18O2/c1-15-9-11-17(12-10-15)13-14-19(16(2)20(21)22-3)18-7-5-4-6-8-18/h4-12,19H,2H2,1,3H3/t19-/m0/s1. The summed E-state index contributed by atoms with van der Waals surface area (Å²) in [6, 6.07) is 17.6. The van der Waals surface area contributed by atoms with Crippen molar-refractivity contribution in [3.8, 4) is 11.8 Å². The van der Waals surface area contributed by atoms with Crippen LogP contribution in [-0.4, -0.2) is 13.1 Å². The highest BCUT2D eigenvalue weighted by molar-refractivity contribution is 5.90. The summed E-state index contributed by atoms with van der Waals surface area (Å²) in [6.07, 6.45) is 0. The molecule has 0 unspecified atom stereocenters. The van der Waals surface area contributed by atoms with Crippen LogP contribution >= 0.6 is 0 Å². The molecular formula is C20H18O2. The second kappa shape index (κ2) is 7.28. The molecule has 2 aromatic carbocycles. The fraction of sp³-hybridized carbons (Fsp3) is 0.150. The van der Waals surface area contributed by atoms with Crippen molar-refractivity contribution in [3.05, 3.63) is 83.4 Å². The molecular weight excluding hydrogens is 272 g/mol. The number of carbonyl (C=O) groups excluding carboxylic acids is 1. The van der Waals surface area contributed by atoms with Crippen molar-refractivity contribution in [1.29, 1.82) is 0 Å². The molecule has 22 heavy (non-hydrogen) atoms. The Balaban J connectivity index is 2.36. The van der Waals surface area contributed by atoms with Crippen molar-refractivity contribution in [2.45, 2.75) is 12.8 Å². The van der Waals surface area contributed by atoms with Gasteiger partial charge < -0.3 is 4.74 Å². The Morgan fingerprint density at radius 2 is 1.73 bits per heavy atom.